The molecule has 20 heavy (non-hydrogen) atoms. The first kappa shape index (κ1) is 13.7. The lowest BCUT2D eigenvalue weighted by atomic mass is 10.3. The van der Waals surface area contributed by atoms with E-state index in [1.165, 1.54) is 15.7 Å². The molecule has 2 heterocycles. The first-order valence-electron chi connectivity index (χ1n) is 5.37. The van der Waals surface area contributed by atoms with E-state index in [1.807, 2.05) is 0 Å². The smallest absolute Gasteiger partial charge is 0.278 e. The van der Waals surface area contributed by atoms with Crippen molar-refractivity contribution in [2.24, 2.45) is 0 Å². The Labute approximate surface area is 128 Å². The van der Waals surface area contributed by atoms with Crippen LogP contribution in [0.25, 0.3) is 4.96 Å². The maximum Gasteiger partial charge on any atom is 0.281 e. The number of nitrogens with zero attached hydrogens (tertiary/aromatic N) is 2. The molecule has 3 aromatic rings. The summed E-state index contributed by atoms with van der Waals surface area (Å²) in [5, 5.41) is 1.86. The molecule has 0 radical (unpaired) electrons. The lowest BCUT2D eigenvalue weighted by Crippen LogP contribution is -2.15. The number of para-hydroxylation sites is 1. The van der Waals surface area contributed by atoms with E-state index in [-0.39, 0.29) is 15.9 Å². The van der Waals surface area contributed by atoms with E-state index < -0.39 is 10.0 Å². The number of hydrogen-bond donors (Lipinski definition) is 1. The molecule has 0 aliphatic heterocycles. The molecule has 0 amide bonds. The highest BCUT2D eigenvalue weighted by Gasteiger charge is 2.25. The van der Waals surface area contributed by atoms with Crippen LogP contribution in [-0.2, 0) is 10.0 Å². The van der Waals surface area contributed by atoms with Crippen LogP contribution in [0.4, 0.5) is 5.69 Å². The number of aromatic nitrogens is 2. The summed E-state index contributed by atoms with van der Waals surface area (Å²) in [5.74, 6) is 0. The number of benzene rings is 1. The van der Waals surface area contributed by atoms with Crippen molar-refractivity contribution >= 4 is 55.2 Å². The minimum absolute atomic E-state index is 0.0728. The third-order valence-corrected chi connectivity index (χ3v) is 5.40. The van der Waals surface area contributed by atoms with Crippen molar-refractivity contribution in [3.8, 4) is 0 Å². The second-order valence-corrected chi connectivity index (χ2v) is 7.08. The predicted molar refractivity (Wildman–Crippen MR) is 80.3 cm³/mol. The average Bonchev–Trinajstić information content (AvgIpc) is 2.91. The zero-order valence-corrected chi connectivity index (χ0v) is 12.9. The van der Waals surface area contributed by atoms with Gasteiger partial charge >= 0.3 is 0 Å². The summed E-state index contributed by atoms with van der Waals surface area (Å²) in [4.78, 5) is 4.51. The largest absolute Gasteiger partial charge is 0.281 e. The Morgan fingerprint density at radius 2 is 2.00 bits per heavy atom. The molecular formula is C11H7Cl2N3O2S2. The summed E-state index contributed by atoms with van der Waals surface area (Å²) in [5.41, 5.74) is 0.287. The number of hydrogen-bond acceptors (Lipinski definition) is 4. The second-order valence-electron chi connectivity index (χ2n) is 3.85. The summed E-state index contributed by atoms with van der Waals surface area (Å²) in [7, 11) is -3.88. The van der Waals surface area contributed by atoms with E-state index >= 15 is 0 Å². The molecule has 0 bridgehead atoms. The summed E-state index contributed by atoms with van der Waals surface area (Å²) < 4.78 is 28.7. The van der Waals surface area contributed by atoms with Crippen molar-refractivity contribution in [1.29, 1.82) is 0 Å². The van der Waals surface area contributed by atoms with Gasteiger partial charge in [-0.3, -0.25) is 9.12 Å². The minimum atomic E-state index is -3.88. The summed E-state index contributed by atoms with van der Waals surface area (Å²) in [6, 6.07) is 6.56. The number of rotatable bonds is 3. The number of thiazole rings is 1. The van der Waals surface area contributed by atoms with Gasteiger partial charge in [-0.2, -0.15) is 8.42 Å². The van der Waals surface area contributed by atoms with Crippen molar-refractivity contribution in [1.82, 2.24) is 9.38 Å². The number of sulfonamides is 1. The highest BCUT2D eigenvalue weighted by atomic mass is 35.5. The van der Waals surface area contributed by atoms with Crippen LogP contribution < -0.4 is 4.72 Å². The fourth-order valence-corrected chi connectivity index (χ4v) is 4.49. The maximum atomic E-state index is 12.4. The first-order valence-corrected chi connectivity index (χ1v) is 8.49. The Balaban J connectivity index is 2.11. The molecule has 2 aromatic heterocycles. The number of nitrogens with one attached hydrogen (secondary N) is 1. The van der Waals surface area contributed by atoms with Crippen LogP contribution >= 0.6 is 34.5 Å². The van der Waals surface area contributed by atoms with E-state index in [0.29, 0.717) is 9.98 Å². The van der Waals surface area contributed by atoms with Gasteiger partial charge in [-0.05, 0) is 12.1 Å². The normalized spacial score (nSPS) is 11.9. The molecule has 0 aliphatic rings. The topological polar surface area (TPSA) is 63.5 Å². The predicted octanol–water partition coefficient (Wildman–Crippen LogP) is 3.50. The van der Waals surface area contributed by atoms with Crippen LogP contribution in [0.5, 0.6) is 0 Å². The van der Waals surface area contributed by atoms with Crippen LogP contribution in [-0.4, -0.2) is 17.8 Å². The van der Waals surface area contributed by atoms with Gasteiger partial charge in [0.05, 0.1) is 10.7 Å². The molecule has 0 spiro atoms. The van der Waals surface area contributed by atoms with Gasteiger partial charge < -0.3 is 0 Å². The van der Waals surface area contributed by atoms with Crippen LogP contribution in [0.1, 0.15) is 0 Å². The van der Waals surface area contributed by atoms with E-state index in [0.717, 1.165) is 0 Å². The quantitative estimate of drug-likeness (QED) is 0.788. The molecular weight excluding hydrogens is 341 g/mol. The monoisotopic (exact) mass is 347 g/mol. The van der Waals surface area contributed by atoms with Gasteiger partial charge in [0.15, 0.2) is 15.1 Å². The molecule has 1 N–H and O–H groups in total. The molecule has 0 aliphatic carbocycles. The molecule has 0 saturated carbocycles. The zero-order valence-electron chi connectivity index (χ0n) is 9.75. The fraction of sp³-hybridized carbons (Fsp3) is 0. The maximum absolute atomic E-state index is 12.4. The van der Waals surface area contributed by atoms with Crippen molar-refractivity contribution in [3.63, 3.8) is 0 Å². The van der Waals surface area contributed by atoms with Crippen LogP contribution in [0.15, 0.2) is 40.9 Å². The average molecular weight is 348 g/mol. The van der Waals surface area contributed by atoms with E-state index in [1.54, 1.807) is 35.8 Å². The lowest BCUT2D eigenvalue weighted by Gasteiger charge is -2.08. The van der Waals surface area contributed by atoms with Gasteiger partial charge in [0.2, 0.25) is 0 Å². The molecule has 0 fully saturated rings. The van der Waals surface area contributed by atoms with Gasteiger partial charge in [0, 0.05) is 11.6 Å². The Kier molecular flexibility index (Phi) is 3.37. The van der Waals surface area contributed by atoms with Gasteiger partial charge in [-0.15, -0.1) is 11.3 Å². The van der Waals surface area contributed by atoms with Gasteiger partial charge in [-0.25, -0.2) is 4.98 Å². The highest BCUT2D eigenvalue weighted by Crippen LogP contribution is 2.29. The standard InChI is InChI=1S/C11H7Cl2N3O2S2/c12-7-3-1-2-4-8(7)15-20(17,18)10-9(13)14-11-16(10)5-6-19-11/h1-6,15H. The first-order chi connectivity index (χ1) is 9.49. The van der Waals surface area contributed by atoms with Crippen molar-refractivity contribution in [2.75, 3.05) is 4.72 Å². The SMILES string of the molecule is O=S(=O)(Nc1ccccc1Cl)c1c(Cl)nc2sccn12. The van der Waals surface area contributed by atoms with E-state index in [4.69, 9.17) is 23.2 Å². The summed E-state index contributed by atoms with van der Waals surface area (Å²) in [6.07, 6.45) is 1.60. The molecule has 3 rings (SSSR count). The third kappa shape index (κ3) is 2.26. The van der Waals surface area contributed by atoms with Gasteiger partial charge in [-0.1, -0.05) is 35.3 Å². The Hall–Kier alpha value is -1.28. The Morgan fingerprint density at radius 1 is 1.25 bits per heavy atom. The molecule has 104 valence electrons. The zero-order chi connectivity index (χ0) is 14.3. The Bertz CT molecular complexity index is 886. The van der Waals surface area contributed by atoms with Gasteiger partial charge in [0.25, 0.3) is 10.0 Å². The summed E-state index contributed by atoms with van der Waals surface area (Å²) in [6.45, 7) is 0. The molecule has 5 nitrogen and oxygen atoms in total. The van der Waals surface area contributed by atoms with Crippen LogP contribution in [0.3, 0.4) is 0 Å². The summed E-state index contributed by atoms with van der Waals surface area (Å²) >= 11 is 13.2. The van der Waals surface area contributed by atoms with Crippen molar-refractivity contribution in [3.05, 3.63) is 46.0 Å². The fourth-order valence-electron chi connectivity index (χ4n) is 1.72. The van der Waals surface area contributed by atoms with Crippen molar-refractivity contribution < 1.29 is 8.42 Å². The molecule has 0 atom stereocenters. The molecule has 0 saturated heterocycles. The second kappa shape index (κ2) is 4.92. The van der Waals surface area contributed by atoms with Crippen LogP contribution in [0, 0.1) is 0 Å². The number of imidazole rings is 1. The minimum Gasteiger partial charge on any atom is -0.278 e. The van der Waals surface area contributed by atoms with Crippen molar-refractivity contribution in [2.45, 2.75) is 5.03 Å². The molecule has 0 unspecified atom stereocenters. The number of anilines is 1. The molecule has 1 aromatic carbocycles. The Morgan fingerprint density at radius 3 is 2.75 bits per heavy atom. The van der Waals surface area contributed by atoms with E-state index in [9.17, 15) is 8.42 Å². The van der Waals surface area contributed by atoms with Crippen LogP contribution in [0.2, 0.25) is 10.2 Å². The lowest BCUT2D eigenvalue weighted by molar-refractivity contribution is 0.597. The number of halogens is 2. The van der Waals surface area contributed by atoms with E-state index in [2.05, 4.69) is 9.71 Å². The third-order valence-electron chi connectivity index (χ3n) is 2.55. The highest BCUT2D eigenvalue weighted by molar-refractivity contribution is 7.92. The number of fused-ring (bicyclic) bond motifs is 1. The molecule has 9 heteroatoms. The van der Waals surface area contributed by atoms with Gasteiger partial charge in [0.1, 0.15) is 0 Å².